The lowest BCUT2D eigenvalue weighted by Crippen LogP contribution is -2.27. The van der Waals surface area contributed by atoms with Crippen LogP contribution in [0.2, 0.25) is 0 Å². The van der Waals surface area contributed by atoms with Gasteiger partial charge in [-0.25, -0.2) is 4.79 Å². The van der Waals surface area contributed by atoms with Crippen molar-refractivity contribution >= 4 is 5.91 Å². The van der Waals surface area contributed by atoms with Crippen LogP contribution >= 0.6 is 0 Å². The molecule has 0 radical (unpaired) electrons. The average Bonchev–Trinajstić information content (AvgIpc) is 2.01. The molecule has 1 aromatic heterocycles. The normalized spacial score (nSPS) is 12.4. The summed E-state index contributed by atoms with van der Waals surface area (Å²) < 4.78 is 0. The van der Waals surface area contributed by atoms with Crippen LogP contribution < -0.4 is 17.0 Å². The van der Waals surface area contributed by atoms with Crippen LogP contribution in [0.25, 0.3) is 0 Å². The average molecular weight is 183 g/mol. The molecule has 0 aromatic carbocycles. The van der Waals surface area contributed by atoms with Gasteiger partial charge in [0.05, 0.1) is 5.92 Å². The van der Waals surface area contributed by atoms with Crippen LogP contribution in [0.5, 0.6) is 0 Å². The third-order valence-corrected chi connectivity index (χ3v) is 1.67. The summed E-state index contributed by atoms with van der Waals surface area (Å²) in [5, 5.41) is 0. The standard InChI is InChI=1S/C7H9N3O3/c1-3(6(8)12)4-2-5(11)10-7(13)9-4/h2-3H,1H3,(H2,8,12)(H2,9,10,11,13). The van der Waals surface area contributed by atoms with Crippen LogP contribution in [0.1, 0.15) is 18.5 Å². The van der Waals surface area contributed by atoms with E-state index in [1.165, 1.54) is 6.92 Å². The molecule has 0 bridgehead atoms. The van der Waals surface area contributed by atoms with Crippen molar-refractivity contribution in [2.75, 3.05) is 0 Å². The first kappa shape index (κ1) is 9.24. The maximum atomic E-state index is 10.8. The van der Waals surface area contributed by atoms with E-state index in [4.69, 9.17) is 5.73 Å². The summed E-state index contributed by atoms with van der Waals surface area (Å²) in [6.07, 6.45) is 0. The van der Waals surface area contributed by atoms with E-state index in [0.717, 1.165) is 6.07 Å². The maximum Gasteiger partial charge on any atom is 0.325 e. The van der Waals surface area contributed by atoms with Crippen LogP contribution in [0, 0.1) is 0 Å². The maximum absolute atomic E-state index is 10.8. The molecular formula is C7H9N3O3. The first-order valence-electron chi connectivity index (χ1n) is 3.63. The number of nitrogens with one attached hydrogen (secondary N) is 2. The summed E-state index contributed by atoms with van der Waals surface area (Å²) in [4.78, 5) is 36.6. The number of carbonyl (C=O) groups excluding carboxylic acids is 1. The highest BCUT2D eigenvalue weighted by Crippen LogP contribution is 2.06. The molecule has 6 nitrogen and oxygen atoms in total. The van der Waals surface area contributed by atoms with Gasteiger partial charge in [-0.15, -0.1) is 0 Å². The second-order valence-corrected chi connectivity index (χ2v) is 2.67. The van der Waals surface area contributed by atoms with Crippen LogP contribution in [0.3, 0.4) is 0 Å². The predicted octanol–water partition coefficient (Wildman–Crippen LogP) is -1.35. The summed E-state index contributed by atoms with van der Waals surface area (Å²) in [6, 6.07) is 1.14. The fourth-order valence-electron chi connectivity index (χ4n) is 0.874. The van der Waals surface area contributed by atoms with Crippen molar-refractivity contribution < 1.29 is 4.79 Å². The van der Waals surface area contributed by atoms with Gasteiger partial charge in [-0.3, -0.25) is 14.6 Å². The van der Waals surface area contributed by atoms with E-state index in [2.05, 4.69) is 4.98 Å². The highest BCUT2D eigenvalue weighted by molar-refractivity contribution is 5.80. The smallest absolute Gasteiger partial charge is 0.325 e. The predicted molar refractivity (Wildman–Crippen MR) is 45.3 cm³/mol. The van der Waals surface area contributed by atoms with E-state index >= 15 is 0 Å². The van der Waals surface area contributed by atoms with Crippen molar-refractivity contribution in [3.63, 3.8) is 0 Å². The summed E-state index contributed by atoms with van der Waals surface area (Å²) in [5.41, 5.74) is 4.03. The van der Waals surface area contributed by atoms with Gasteiger partial charge < -0.3 is 10.7 Å². The van der Waals surface area contributed by atoms with Crippen LogP contribution in [-0.2, 0) is 4.79 Å². The Morgan fingerprint density at radius 3 is 2.54 bits per heavy atom. The molecule has 0 spiro atoms. The van der Waals surface area contributed by atoms with Crippen molar-refractivity contribution in [1.29, 1.82) is 0 Å². The number of hydrogen-bond acceptors (Lipinski definition) is 3. The van der Waals surface area contributed by atoms with Crippen LogP contribution in [0.15, 0.2) is 15.7 Å². The summed E-state index contributed by atoms with van der Waals surface area (Å²) >= 11 is 0. The van der Waals surface area contributed by atoms with Crippen molar-refractivity contribution in [3.8, 4) is 0 Å². The SMILES string of the molecule is CC(C(N)=O)c1cc(=O)[nH]c(=O)[nH]1. The molecule has 0 aliphatic heterocycles. The Labute approximate surface area is 72.8 Å². The lowest BCUT2D eigenvalue weighted by atomic mass is 10.1. The number of rotatable bonds is 2. The molecular weight excluding hydrogens is 174 g/mol. The summed E-state index contributed by atoms with van der Waals surface area (Å²) in [6.45, 7) is 1.51. The zero-order valence-electron chi connectivity index (χ0n) is 6.96. The Bertz CT molecular complexity index is 403. The third kappa shape index (κ3) is 2.05. The van der Waals surface area contributed by atoms with E-state index in [-0.39, 0.29) is 5.69 Å². The van der Waals surface area contributed by atoms with E-state index in [1.54, 1.807) is 0 Å². The van der Waals surface area contributed by atoms with Gasteiger partial charge in [0, 0.05) is 11.8 Å². The molecule has 6 heteroatoms. The molecule has 1 amide bonds. The molecule has 0 aliphatic rings. The highest BCUT2D eigenvalue weighted by atomic mass is 16.2. The molecule has 0 fully saturated rings. The van der Waals surface area contributed by atoms with Gasteiger partial charge in [-0.05, 0) is 6.92 Å². The number of primary amides is 1. The third-order valence-electron chi connectivity index (χ3n) is 1.67. The Hall–Kier alpha value is -1.85. The number of aromatic amines is 2. The number of H-pyrrole nitrogens is 2. The Morgan fingerprint density at radius 1 is 1.46 bits per heavy atom. The fraction of sp³-hybridized carbons (Fsp3) is 0.286. The zero-order chi connectivity index (χ0) is 10.0. The molecule has 0 saturated heterocycles. The van der Waals surface area contributed by atoms with Gasteiger partial charge in [0.2, 0.25) is 5.91 Å². The summed E-state index contributed by atoms with van der Waals surface area (Å²) in [5.74, 6) is -1.27. The fourth-order valence-corrected chi connectivity index (χ4v) is 0.874. The molecule has 1 heterocycles. The van der Waals surface area contributed by atoms with Gasteiger partial charge >= 0.3 is 5.69 Å². The quantitative estimate of drug-likeness (QED) is 0.527. The minimum atomic E-state index is -0.671. The van der Waals surface area contributed by atoms with E-state index in [1.807, 2.05) is 4.98 Å². The van der Waals surface area contributed by atoms with Gasteiger partial charge in [-0.1, -0.05) is 0 Å². The lowest BCUT2D eigenvalue weighted by molar-refractivity contribution is -0.119. The zero-order valence-corrected chi connectivity index (χ0v) is 6.96. The van der Waals surface area contributed by atoms with Gasteiger partial charge in [0.1, 0.15) is 0 Å². The molecule has 13 heavy (non-hydrogen) atoms. The first-order valence-corrected chi connectivity index (χ1v) is 3.63. The largest absolute Gasteiger partial charge is 0.369 e. The van der Waals surface area contributed by atoms with Crippen LogP contribution in [0.4, 0.5) is 0 Å². The molecule has 4 N–H and O–H groups in total. The minimum absolute atomic E-state index is 0.223. The van der Waals surface area contributed by atoms with E-state index < -0.39 is 23.1 Å². The minimum Gasteiger partial charge on any atom is -0.369 e. The molecule has 1 atom stereocenters. The monoisotopic (exact) mass is 183 g/mol. The van der Waals surface area contributed by atoms with Gasteiger partial charge in [0.25, 0.3) is 5.56 Å². The molecule has 0 saturated carbocycles. The van der Waals surface area contributed by atoms with Crippen molar-refractivity contribution in [3.05, 3.63) is 32.6 Å². The topological polar surface area (TPSA) is 109 Å². The Kier molecular flexibility index (Phi) is 2.32. The first-order chi connectivity index (χ1) is 6.00. The lowest BCUT2D eigenvalue weighted by Gasteiger charge is -2.04. The van der Waals surface area contributed by atoms with Crippen molar-refractivity contribution in [2.45, 2.75) is 12.8 Å². The molecule has 0 aliphatic carbocycles. The van der Waals surface area contributed by atoms with E-state index in [9.17, 15) is 14.4 Å². The second-order valence-electron chi connectivity index (χ2n) is 2.67. The second kappa shape index (κ2) is 3.26. The van der Waals surface area contributed by atoms with Gasteiger partial charge in [0.15, 0.2) is 0 Å². The number of carbonyl (C=O) groups is 1. The molecule has 70 valence electrons. The number of hydrogen-bond donors (Lipinski definition) is 3. The van der Waals surface area contributed by atoms with Crippen molar-refractivity contribution in [2.24, 2.45) is 5.73 Å². The Morgan fingerprint density at radius 2 is 2.08 bits per heavy atom. The number of aromatic nitrogens is 2. The highest BCUT2D eigenvalue weighted by Gasteiger charge is 2.12. The molecule has 1 aromatic rings. The summed E-state index contributed by atoms with van der Waals surface area (Å²) in [7, 11) is 0. The number of amides is 1. The van der Waals surface area contributed by atoms with E-state index in [0.29, 0.717) is 0 Å². The van der Waals surface area contributed by atoms with Crippen molar-refractivity contribution in [1.82, 2.24) is 9.97 Å². The molecule has 1 rings (SSSR count). The number of nitrogens with two attached hydrogens (primary N) is 1. The molecule has 1 unspecified atom stereocenters. The van der Waals surface area contributed by atoms with Crippen LogP contribution in [-0.4, -0.2) is 15.9 Å². The Balaban J connectivity index is 3.23. The van der Waals surface area contributed by atoms with Gasteiger partial charge in [-0.2, -0.15) is 0 Å².